The molecule has 0 aromatic heterocycles. The maximum Gasteiger partial charge on any atom is 0.241 e. The minimum atomic E-state index is -3.73. The molecule has 1 amide bonds. The summed E-state index contributed by atoms with van der Waals surface area (Å²) in [6.45, 7) is 5.44. The fourth-order valence-electron chi connectivity index (χ4n) is 3.48. The third-order valence-corrected chi connectivity index (χ3v) is 5.90. The van der Waals surface area contributed by atoms with Crippen molar-refractivity contribution in [2.24, 2.45) is 0 Å². The topological polar surface area (TPSA) is 75.7 Å². The number of aryl methyl sites for hydroxylation is 1. The number of nitrogens with zero attached hydrogens (tertiary/aromatic N) is 1. The van der Waals surface area contributed by atoms with E-state index in [9.17, 15) is 17.6 Å². The molecule has 0 bridgehead atoms. The molecule has 0 spiro atoms. The van der Waals surface area contributed by atoms with Crippen molar-refractivity contribution in [2.45, 2.75) is 38.8 Å². The van der Waals surface area contributed by atoms with E-state index in [1.165, 1.54) is 12.1 Å². The van der Waals surface area contributed by atoms with Crippen LogP contribution in [0.4, 0.5) is 10.1 Å². The smallest absolute Gasteiger partial charge is 0.241 e. The zero-order valence-electron chi connectivity index (χ0n) is 16.9. The van der Waals surface area contributed by atoms with Gasteiger partial charge in [-0.05, 0) is 51.1 Å². The van der Waals surface area contributed by atoms with E-state index in [-0.39, 0.29) is 11.7 Å². The van der Waals surface area contributed by atoms with Crippen LogP contribution in [0.1, 0.15) is 37.4 Å². The highest BCUT2D eigenvalue weighted by atomic mass is 32.2. The average Bonchev–Trinajstić information content (AvgIpc) is 2.60. The first kappa shape index (κ1) is 21.1. The van der Waals surface area contributed by atoms with E-state index >= 15 is 0 Å². The number of amides is 1. The van der Waals surface area contributed by atoms with Gasteiger partial charge >= 0.3 is 0 Å². The second-order valence-electron chi connectivity index (χ2n) is 7.97. The van der Waals surface area contributed by atoms with Gasteiger partial charge in [0.2, 0.25) is 15.9 Å². The number of sulfonamides is 1. The fraction of sp³-hybridized carbons (Fsp3) is 0.381. The summed E-state index contributed by atoms with van der Waals surface area (Å²) in [5, 5.41) is 2.94. The molecule has 3 rings (SSSR count). The second-order valence-corrected chi connectivity index (χ2v) is 9.88. The summed E-state index contributed by atoms with van der Waals surface area (Å²) in [4.78, 5) is 12.8. The Kier molecular flexibility index (Phi) is 5.58. The van der Waals surface area contributed by atoms with Gasteiger partial charge in [-0.25, -0.2) is 12.8 Å². The lowest BCUT2D eigenvalue weighted by molar-refractivity contribution is -0.120. The fourth-order valence-corrected chi connectivity index (χ4v) is 4.34. The average molecular weight is 421 g/mol. The minimum Gasteiger partial charge on any atom is -0.487 e. The number of halogens is 1. The molecule has 1 aliphatic rings. The van der Waals surface area contributed by atoms with Crippen molar-refractivity contribution >= 4 is 21.6 Å². The number of rotatable bonds is 5. The molecule has 1 atom stereocenters. The zero-order chi connectivity index (χ0) is 21.4. The van der Waals surface area contributed by atoms with Crippen molar-refractivity contribution < 1.29 is 22.3 Å². The maximum atomic E-state index is 13.2. The summed E-state index contributed by atoms with van der Waals surface area (Å²) in [6, 6.07) is 10.5. The molecule has 0 fully saturated rings. The Morgan fingerprint density at radius 1 is 1.24 bits per heavy atom. The van der Waals surface area contributed by atoms with Crippen molar-refractivity contribution in [3.63, 3.8) is 0 Å². The third kappa shape index (κ3) is 5.06. The van der Waals surface area contributed by atoms with Crippen molar-refractivity contribution in [1.82, 2.24) is 5.32 Å². The van der Waals surface area contributed by atoms with Crippen LogP contribution in [0, 0.1) is 12.7 Å². The van der Waals surface area contributed by atoms with Gasteiger partial charge in [0.1, 0.15) is 23.7 Å². The number of hydrogen-bond donors (Lipinski definition) is 1. The molecule has 2 aromatic rings. The van der Waals surface area contributed by atoms with Gasteiger partial charge in [-0.3, -0.25) is 9.10 Å². The number of fused-ring (bicyclic) bond motifs is 1. The highest BCUT2D eigenvalue weighted by Gasteiger charge is 2.35. The van der Waals surface area contributed by atoms with Crippen molar-refractivity contribution in [3.8, 4) is 5.75 Å². The lowest BCUT2D eigenvalue weighted by Crippen LogP contribution is -2.45. The normalized spacial score (nSPS) is 17.8. The SMILES string of the molecule is Cc1ccc2c(c1)C(NC(=O)CN(c1ccc(F)cc1)S(C)(=O)=O)CC(C)(C)O2. The highest BCUT2D eigenvalue weighted by Crippen LogP contribution is 2.39. The van der Waals surface area contributed by atoms with E-state index in [2.05, 4.69) is 5.32 Å². The van der Waals surface area contributed by atoms with Crippen LogP contribution < -0.4 is 14.4 Å². The molecule has 0 aliphatic carbocycles. The summed E-state index contributed by atoms with van der Waals surface area (Å²) in [7, 11) is -3.73. The number of benzene rings is 2. The number of carbonyl (C=O) groups excluding carboxylic acids is 1. The summed E-state index contributed by atoms with van der Waals surface area (Å²) in [6.07, 6.45) is 1.56. The number of ether oxygens (including phenoxy) is 1. The lowest BCUT2D eigenvalue weighted by atomic mass is 9.89. The van der Waals surface area contributed by atoms with Crippen molar-refractivity contribution in [1.29, 1.82) is 0 Å². The maximum absolute atomic E-state index is 13.2. The molecule has 2 aromatic carbocycles. The van der Waals surface area contributed by atoms with Gasteiger partial charge in [0.25, 0.3) is 0 Å². The second kappa shape index (κ2) is 7.67. The van der Waals surface area contributed by atoms with Crippen LogP contribution in [0.2, 0.25) is 0 Å². The van der Waals surface area contributed by atoms with Gasteiger partial charge in [0.05, 0.1) is 18.0 Å². The number of carbonyl (C=O) groups is 1. The molecule has 1 heterocycles. The van der Waals surface area contributed by atoms with E-state index in [4.69, 9.17) is 4.74 Å². The van der Waals surface area contributed by atoms with Crippen LogP contribution in [-0.2, 0) is 14.8 Å². The van der Waals surface area contributed by atoms with Crippen molar-refractivity contribution in [3.05, 3.63) is 59.4 Å². The summed E-state index contributed by atoms with van der Waals surface area (Å²) >= 11 is 0. The van der Waals surface area contributed by atoms with Crippen molar-refractivity contribution in [2.75, 3.05) is 17.1 Å². The van der Waals surface area contributed by atoms with Crippen LogP contribution in [0.3, 0.4) is 0 Å². The van der Waals surface area contributed by atoms with E-state index in [0.29, 0.717) is 12.2 Å². The highest BCUT2D eigenvalue weighted by molar-refractivity contribution is 7.92. The van der Waals surface area contributed by atoms with Gasteiger partial charge < -0.3 is 10.1 Å². The minimum absolute atomic E-state index is 0.229. The summed E-state index contributed by atoms with van der Waals surface area (Å²) in [5.41, 5.74) is 1.65. The van der Waals surface area contributed by atoms with Gasteiger partial charge in [0, 0.05) is 12.0 Å². The van der Waals surface area contributed by atoms with Crippen LogP contribution in [-0.4, -0.2) is 32.7 Å². The molecule has 6 nitrogen and oxygen atoms in total. The predicted octanol–water partition coefficient (Wildman–Crippen LogP) is 3.32. The Morgan fingerprint density at radius 2 is 1.90 bits per heavy atom. The van der Waals surface area contributed by atoms with Crippen LogP contribution in [0.15, 0.2) is 42.5 Å². The number of nitrogens with one attached hydrogen (secondary N) is 1. The zero-order valence-corrected chi connectivity index (χ0v) is 17.7. The van der Waals surface area contributed by atoms with E-state index in [1.54, 1.807) is 0 Å². The number of anilines is 1. The molecular weight excluding hydrogens is 395 g/mol. The monoisotopic (exact) mass is 420 g/mol. The third-order valence-electron chi connectivity index (χ3n) is 4.76. The van der Waals surface area contributed by atoms with E-state index in [1.807, 2.05) is 39.0 Å². The lowest BCUT2D eigenvalue weighted by Gasteiger charge is -2.38. The Hall–Kier alpha value is -2.61. The van der Waals surface area contributed by atoms with E-state index < -0.39 is 33.9 Å². The molecule has 0 radical (unpaired) electrons. The molecule has 8 heteroatoms. The first-order valence-electron chi connectivity index (χ1n) is 9.27. The Labute approximate surface area is 170 Å². The van der Waals surface area contributed by atoms with Crippen LogP contribution in [0.5, 0.6) is 5.75 Å². The number of hydrogen-bond acceptors (Lipinski definition) is 4. The van der Waals surface area contributed by atoms with Crippen LogP contribution in [0.25, 0.3) is 0 Å². The first-order chi connectivity index (χ1) is 13.4. The molecule has 0 saturated carbocycles. The molecule has 0 saturated heterocycles. The predicted molar refractivity (Wildman–Crippen MR) is 110 cm³/mol. The van der Waals surface area contributed by atoms with Gasteiger partial charge in [-0.2, -0.15) is 0 Å². The molecule has 1 unspecified atom stereocenters. The molecule has 1 N–H and O–H groups in total. The summed E-state index contributed by atoms with van der Waals surface area (Å²) < 4.78 is 44.6. The molecular formula is C21H25FN2O4S. The first-order valence-corrected chi connectivity index (χ1v) is 11.1. The van der Waals surface area contributed by atoms with Crippen LogP contribution >= 0.6 is 0 Å². The van der Waals surface area contributed by atoms with Gasteiger partial charge in [-0.15, -0.1) is 0 Å². The van der Waals surface area contributed by atoms with Gasteiger partial charge in [0.15, 0.2) is 0 Å². The Morgan fingerprint density at radius 3 is 2.52 bits per heavy atom. The largest absolute Gasteiger partial charge is 0.487 e. The standard InChI is InChI=1S/C21H25FN2O4S/c1-14-5-10-19-17(11-14)18(12-21(2,3)28-19)23-20(25)13-24(29(4,26)27)16-8-6-15(22)7-9-16/h5-11,18H,12-13H2,1-4H3,(H,23,25). The Bertz CT molecular complexity index is 1020. The Balaban J connectivity index is 1.83. The summed E-state index contributed by atoms with van der Waals surface area (Å²) in [5.74, 6) is -0.228. The molecule has 1 aliphatic heterocycles. The van der Waals surface area contributed by atoms with E-state index in [0.717, 1.165) is 33.8 Å². The molecule has 29 heavy (non-hydrogen) atoms. The quantitative estimate of drug-likeness (QED) is 0.805. The van der Waals surface area contributed by atoms with Gasteiger partial charge in [-0.1, -0.05) is 17.7 Å². The molecule has 156 valence electrons.